The Morgan fingerprint density at radius 1 is 1.36 bits per heavy atom. The van der Waals surface area contributed by atoms with Crippen LogP contribution in [-0.2, 0) is 18.3 Å². The van der Waals surface area contributed by atoms with E-state index in [4.69, 9.17) is 0 Å². The summed E-state index contributed by atoms with van der Waals surface area (Å²) < 4.78 is 1.66. The first-order valence-electron chi connectivity index (χ1n) is 8.17. The fraction of sp³-hybridized carbons (Fsp3) is 0.294. The molecule has 0 saturated carbocycles. The molecule has 128 valence electrons. The van der Waals surface area contributed by atoms with E-state index in [9.17, 15) is 4.79 Å². The molecular formula is C17H19N7O. The number of anilines is 1. The summed E-state index contributed by atoms with van der Waals surface area (Å²) in [6.45, 7) is 1.01. The number of pyridine rings is 1. The highest BCUT2D eigenvalue weighted by Gasteiger charge is 2.32. The Kier molecular flexibility index (Phi) is 4.02. The minimum absolute atomic E-state index is 0.0985. The van der Waals surface area contributed by atoms with Crippen molar-refractivity contribution in [3.05, 3.63) is 60.1 Å². The lowest BCUT2D eigenvalue weighted by atomic mass is 9.99. The number of nitrogens with one attached hydrogen (secondary N) is 2. The van der Waals surface area contributed by atoms with Crippen molar-refractivity contribution < 1.29 is 4.79 Å². The first-order valence-corrected chi connectivity index (χ1v) is 8.17. The van der Waals surface area contributed by atoms with Crippen LogP contribution in [0.5, 0.6) is 0 Å². The summed E-state index contributed by atoms with van der Waals surface area (Å²) in [6.07, 6.45) is 6.10. The zero-order valence-electron chi connectivity index (χ0n) is 13.9. The number of amides is 1. The van der Waals surface area contributed by atoms with Crippen molar-refractivity contribution in [2.24, 2.45) is 7.05 Å². The molecule has 2 N–H and O–H groups in total. The maximum absolute atomic E-state index is 12.5. The summed E-state index contributed by atoms with van der Waals surface area (Å²) >= 11 is 0. The van der Waals surface area contributed by atoms with Crippen molar-refractivity contribution in [1.29, 1.82) is 0 Å². The van der Waals surface area contributed by atoms with Crippen LogP contribution >= 0.6 is 0 Å². The van der Waals surface area contributed by atoms with E-state index in [1.54, 1.807) is 29.5 Å². The molecule has 8 nitrogen and oxygen atoms in total. The van der Waals surface area contributed by atoms with Crippen molar-refractivity contribution >= 4 is 11.7 Å². The predicted molar refractivity (Wildman–Crippen MR) is 91.8 cm³/mol. The SMILES string of the molecule is Cn1ccc(NC(=O)CN2CCc3[nH]cnc3[C@@H]2c2ccccn2)n1. The molecule has 1 aliphatic rings. The number of imidazole rings is 1. The molecular weight excluding hydrogens is 318 g/mol. The highest BCUT2D eigenvalue weighted by molar-refractivity contribution is 5.91. The van der Waals surface area contributed by atoms with Gasteiger partial charge in [-0.3, -0.25) is 19.4 Å². The number of aryl methyl sites for hydroxylation is 1. The van der Waals surface area contributed by atoms with Gasteiger partial charge in [0.25, 0.3) is 0 Å². The van der Waals surface area contributed by atoms with E-state index < -0.39 is 0 Å². The molecule has 0 fully saturated rings. The molecule has 0 radical (unpaired) electrons. The summed E-state index contributed by atoms with van der Waals surface area (Å²) in [5.41, 5.74) is 2.94. The maximum Gasteiger partial charge on any atom is 0.239 e. The van der Waals surface area contributed by atoms with E-state index in [1.807, 2.05) is 25.2 Å². The molecule has 0 aliphatic carbocycles. The monoisotopic (exact) mass is 337 g/mol. The first-order chi connectivity index (χ1) is 12.2. The van der Waals surface area contributed by atoms with Crippen LogP contribution in [0.3, 0.4) is 0 Å². The quantitative estimate of drug-likeness (QED) is 0.744. The van der Waals surface area contributed by atoms with Gasteiger partial charge in [-0.25, -0.2) is 4.98 Å². The van der Waals surface area contributed by atoms with Crippen LogP contribution in [-0.4, -0.2) is 48.6 Å². The molecule has 4 rings (SSSR count). The predicted octanol–water partition coefficient (Wildman–Crippen LogP) is 1.12. The Hall–Kier alpha value is -3.00. The lowest BCUT2D eigenvalue weighted by Gasteiger charge is -2.33. The second-order valence-corrected chi connectivity index (χ2v) is 6.07. The van der Waals surface area contributed by atoms with E-state index in [0.29, 0.717) is 5.82 Å². The van der Waals surface area contributed by atoms with Crippen LogP contribution in [0, 0.1) is 0 Å². The Labute approximate surface area is 144 Å². The van der Waals surface area contributed by atoms with Gasteiger partial charge in [0.2, 0.25) is 5.91 Å². The fourth-order valence-electron chi connectivity index (χ4n) is 3.21. The zero-order chi connectivity index (χ0) is 17.2. The number of H-pyrrole nitrogens is 1. The van der Waals surface area contributed by atoms with Crippen molar-refractivity contribution in [2.45, 2.75) is 12.5 Å². The molecule has 0 saturated heterocycles. The van der Waals surface area contributed by atoms with Crippen molar-refractivity contribution in [1.82, 2.24) is 29.6 Å². The number of hydrogen-bond acceptors (Lipinski definition) is 5. The first kappa shape index (κ1) is 15.5. The molecule has 0 spiro atoms. The molecule has 1 atom stereocenters. The van der Waals surface area contributed by atoms with Crippen LogP contribution < -0.4 is 5.32 Å². The average molecular weight is 337 g/mol. The molecule has 0 aromatic carbocycles. The lowest BCUT2D eigenvalue weighted by molar-refractivity contribution is -0.117. The standard InChI is InChI=1S/C17H19N7O/c1-23-8-6-14(22-23)21-15(25)10-24-9-5-12-16(20-11-19-12)17(24)13-4-2-3-7-18-13/h2-4,6-8,11,17H,5,9-10H2,1H3,(H,19,20)(H,21,22,25)/t17-/m0/s1. The summed E-state index contributed by atoms with van der Waals surface area (Å²) in [7, 11) is 1.82. The van der Waals surface area contributed by atoms with Gasteiger partial charge < -0.3 is 10.3 Å². The van der Waals surface area contributed by atoms with Gasteiger partial charge in [-0.1, -0.05) is 6.07 Å². The summed E-state index contributed by atoms with van der Waals surface area (Å²) in [5, 5.41) is 7.02. The van der Waals surface area contributed by atoms with E-state index in [0.717, 1.165) is 30.0 Å². The number of hydrogen-bond donors (Lipinski definition) is 2. The van der Waals surface area contributed by atoms with Gasteiger partial charge in [-0.05, 0) is 12.1 Å². The van der Waals surface area contributed by atoms with Crippen LogP contribution in [0.2, 0.25) is 0 Å². The number of carbonyl (C=O) groups is 1. The van der Waals surface area contributed by atoms with Crippen LogP contribution in [0.25, 0.3) is 0 Å². The normalized spacial score (nSPS) is 17.2. The zero-order valence-corrected chi connectivity index (χ0v) is 13.9. The Morgan fingerprint density at radius 2 is 2.28 bits per heavy atom. The van der Waals surface area contributed by atoms with Crippen molar-refractivity contribution in [3.8, 4) is 0 Å². The molecule has 1 amide bonds. The lowest BCUT2D eigenvalue weighted by Crippen LogP contribution is -2.41. The van der Waals surface area contributed by atoms with Crippen LogP contribution in [0.4, 0.5) is 5.82 Å². The van der Waals surface area contributed by atoms with Crippen molar-refractivity contribution in [3.63, 3.8) is 0 Å². The van der Waals surface area contributed by atoms with Crippen LogP contribution in [0.15, 0.2) is 43.0 Å². The van der Waals surface area contributed by atoms with Gasteiger partial charge in [0.05, 0.1) is 30.3 Å². The van der Waals surface area contributed by atoms with Gasteiger partial charge >= 0.3 is 0 Å². The van der Waals surface area contributed by atoms with Gasteiger partial charge in [-0.15, -0.1) is 0 Å². The van der Waals surface area contributed by atoms with E-state index >= 15 is 0 Å². The molecule has 4 heterocycles. The molecule has 3 aromatic rings. The van der Waals surface area contributed by atoms with E-state index in [2.05, 4.69) is 30.3 Å². The van der Waals surface area contributed by atoms with Gasteiger partial charge in [-0.2, -0.15) is 5.10 Å². The molecule has 3 aromatic heterocycles. The summed E-state index contributed by atoms with van der Waals surface area (Å²) in [6, 6.07) is 7.45. The second-order valence-electron chi connectivity index (χ2n) is 6.07. The molecule has 8 heteroatoms. The maximum atomic E-state index is 12.5. The fourth-order valence-corrected chi connectivity index (χ4v) is 3.21. The molecule has 1 aliphatic heterocycles. The smallest absolute Gasteiger partial charge is 0.239 e. The second kappa shape index (κ2) is 6.48. The number of carbonyl (C=O) groups excluding carboxylic acids is 1. The van der Waals surface area contributed by atoms with Gasteiger partial charge in [0, 0.05) is 44.2 Å². The Morgan fingerprint density at radius 3 is 3.04 bits per heavy atom. The third kappa shape index (κ3) is 3.16. The topological polar surface area (TPSA) is 91.7 Å². The molecule has 0 bridgehead atoms. The number of aromatic amines is 1. The highest BCUT2D eigenvalue weighted by atomic mass is 16.2. The summed E-state index contributed by atoms with van der Waals surface area (Å²) in [5.74, 6) is 0.456. The minimum Gasteiger partial charge on any atom is -0.348 e. The van der Waals surface area contributed by atoms with Gasteiger partial charge in [0.1, 0.15) is 0 Å². The van der Waals surface area contributed by atoms with E-state index in [-0.39, 0.29) is 18.5 Å². The number of nitrogens with zero attached hydrogens (tertiary/aromatic N) is 5. The van der Waals surface area contributed by atoms with Gasteiger partial charge in [0.15, 0.2) is 5.82 Å². The Balaban J connectivity index is 1.56. The van der Waals surface area contributed by atoms with Crippen LogP contribution in [0.1, 0.15) is 23.1 Å². The average Bonchev–Trinajstić information content (AvgIpc) is 3.24. The Bertz CT molecular complexity index is 870. The molecule has 0 unspecified atom stereocenters. The number of rotatable bonds is 4. The molecule has 25 heavy (non-hydrogen) atoms. The largest absolute Gasteiger partial charge is 0.348 e. The minimum atomic E-state index is -0.134. The van der Waals surface area contributed by atoms with Crippen molar-refractivity contribution in [2.75, 3.05) is 18.4 Å². The third-order valence-corrected chi connectivity index (χ3v) is 4.32. The number of aromatic nitrogens is 5. The summed E-state index contributed by atoms with van der Waals surface area (Å²) in [4.78, 5) is 26.7. The third-order valence-electron chi connectivity index (χ3n) is 4.32. The number of fused-ring (bicyclic) bond motifs is 1. The highest BCUT2D eigenvalue weighted by Crippen LogP contribution is 2.31. The van der Waals surface area contributed by atoms with E-state index in [1.165, 1.54) is 0 Å².